The fraction of sp³-hybridized carbons (Fsp3) is 0.240. The van der Waals surface area contributed by atoms with E-state index in [0.717, 1.165) is 11.1 Å². The zero-order valence-corrected chi connectivity index (χ0v) is 16.1. The predicted molar refractivity (Wildman–Crippen MR) is 110 cm³/mol. The normalized spacial score (nSPS) is 22.2. The van der Waals surface area contributed by atoms with Crippen LogP contribution in [0, 0.1) is 5.92 Å². The molecular weight excluding hydrogens is 346 g/mol. The number of hydrogen-bond acceptors (Lipinski definition) is 3. The molecule has 0 spiro atoms. The summed E-state index contributed by atoms with van der Waals surface area (Å²) in [7, 11) is 0. The molecule has 3 heteroatoms. The van der Waals surface area contributed by atoms with E-state index < -0.39 is 0 Å². The van der Waals surface area contributed by atoms with Crippen LogP contribution in [0.4, 0.5) is 0 Å². The highest BCUT2D eigenvalue weighted by atomic mass is 16.7. The van der Waals surface area contributed by atoms with Crippen molar-refractivity contribution in [2.75, 3.05) is 0 Å². The van der Waals surface area contributed by atoms with Crippen molar-refractivity contribution in [3.8, 4) is 0 Å². The van der Waals surface area contributed by atoms with E-state index in [1.807, 2.05) is 78.7 Å². The van der Waals surface area contributed by atoms with E-state index >= 15 is 0 Å². The Balaban J connectivity index is 1.63. The molecular formula is C25H25NO2. The molecule has 28 heavy (non-hydrogen) atoms. The van der Waals surface area contributed by atoms with Crippen molar-refractivity contribution < 1.29 is 9.63 Å². The molecule has 0 unspecified atom stereocenters. The van der Waals surface area contributed by atoms with Crippen LogP contribution >= 0.6 is 0 Å². The third kappa shape index (κ3) is 4.06. The Labute approximate surface area is 166 Å². The van der Waals surface area contributed by atoms with Crippen LogP contribution < -0.4 is 0 Å². The van der Waals surface area contributed by atoms with Crippen LogP contribution in [0.1, 0.15) is 29.7 Å². The molecule has 1 saturated heterocycles. The molecule has 142 valence electrons. The Morgan fingerprint density at radius 3 is 1.96 bits per heavy atom. The van der Waals surface area contributed by atoms with Crippen LogP contribution in [0.2, 0.25) is 0 Å². The first-order chi connectivity index (χ1) is 13.7. The van der Waals surface area contributed by atoms with E-state index in [2.05, 4.69) is 24.3 Å². The number of benzene rings is 3. The van der Waals surface area contributed by atoms with Gasteiger partial charge in [-0.2, -0.15) is 5.06 Å². The van der Waals surface area contributed by atoms with Crippen LogP contribution in [0.5, 0.6) is 0 Å². The second-order valence-corrected chi connectivity index (χ2v) is 7.38. The van der Waals surface area contributed by atoms with Gasteiger partial charge in [-0.3, -0.25) is 9.63 Å². The van der Waals surface area contributed by atoms with Gasteiger partial charge < -0.3 is 0 Å². The van der Waals surface area contributed by atoms with Gasteiger partial charge in [0.15, 0.2) is 0 Å². The molecule has 1 heterocycles. The predicted octanol–water partition coefficient (Wildman–Crippen LogP) is 4.99. The molecule has 3 atom stereocenters. The highest BCUT2D eigenvalue weighted by molar-refractivity contribution is 5.85. The number of nitrogens with zero attached hydrogens (tertiary/aromatic N) is 1. The van der Waals surface area contributed by atoms with Gasteiger partial charge in [0.25, 0.3) is 0 Å². The molecule has 0 N–H and O–H groups in total. The lowest BCUT2D eigenvalue weighted by atomic mass is 9.84. The Morgan fingerprint density at radius 2 is 1.36 bits per heavy atom. The molecule has 0 amide bonds. The van der Waals surface area contributed by atoms with Crippen molar-refractivity contribution in [1.29, 1.82) is 0 Å². The van der Waals surface area contributed by atoms with Gasteiger partial charge >= 0.3 is 0 Å². The summed E-state index contributed by atoms with van der Waals surface area (Å²) in [6.07, 6.45) is 0.270. The van der Waals surface area contributed by atoms with Crippen LogP contribution in [-0.2, 0) is 22.6 Å². The molecule has 0 radical (unpaired) electrons. The van der Waals surface area contributed by atoms with Crippen molar-refractivity contribution in [3.05, 3.63) is 108 Å². The Bertz CT molecular complexity index is 896. The molecule has 0 bridgehead atoms. The summed E-state index contributed by atoms with van der Waals surface area (Å²) in [5, 5.41) is 1.99. The standard InChI is InChI=1S/C25H25NO2/c1-19-24(23(27)17-20-11-5-2-6-12-20)25(22-15-9-4-10-16-22)26(28-19)18-21-13-7-3-8-14-21/h2-16,19,24-25H,17-18H2,1H3/t19-,24+,25-/m1/s1. The maximum atomic E-state index is 13.3. The number of carbonyl (C=O) groups excluding carboxylic acids is 1. The molecule has 0 saturated carbocycles. The van der Waals surface area contributed by atoms with Crippen molar-refractivity contribution in [1.82, 2.24) is 5.06 Å². The largest absolute Gasteiger partial charge is 0.299 e. The Kier molecular flexibility index (Phi) is 5.65. The molecule has 1 fully saturated rings. The number of ketones is 1. The summed E-state index contributed by atoms with van der Waals surface area (Å²) in [6.45, 7) is 2.66. The monoisotopic (exact) mass is 371 g/mol. The highest BCUT2D eigenvalue weighted by Gasteiger charge is 2.45. The lowest BCUT2D eigenvalue weighted by molar-refractivity contribution is -0.166. The quantitative estimate of drug-likeness (QED) is 0.611. The van der Waals surface area contributed by atoms with Gasteiger partial charge in [0.05, 0.1) is 18.1 Å². The Hall–Kier alpha value is -2.75. The van der Waals surface area contributed by atoms with Crippen molar-refractivity contribution in [2.45, 2.75) is 32.0 Å². The Morgan fingerprint density at radius 1 is 0.821 bits per heavy atom. The van der Waals surface area contributed by atoms with E-state index in [9.17, 15) is 4.79 Å². The minimum absolute atomic E-state index is 0.0902. The first-order valence-corrected chi connectivity index (χ1v) is 9.81. The topological polar surface area (TPSA) is 29.5 Å². The van der Waals surface area contributed by atoms with Crippen molar-refractivity contribution in [2.24, 2.45) is 5.92 Å². The second kappa shape index (κ2) is 8.51. The number of hydroxylamine groups is 2. The molecule has 3 aromatic carbocycles. The number of Topliss-reactive ketones (excluding diaryl/α,β-unsaturated/α-hetero) is 1. The zero-order chi connectivity index (χ0) is 19.3. The smallest absolute Gasteiger partial charge is 0.145 e. The summed E-state index contributed by atoms with van der Waals surface area (Å²) in [5.41, 5.74) is 3.34. The fourth-order valence-electron chi connectivity index (χ4n) is 4.06. The molecule has 0 aliphatic carbocycles. The molecule has 0 aromatic heterocycles. The minimum atomic E-state index is -0.202. The van der Waals surface area contributed by atoms with E-state index in [1.165, 1.54) is 5.56 Å². The summed E-state index contributed by atoms with van der Waals surface area (Å²) < 4.78 is 0. The van der Waals surface area contributed by atoms with Crippen LogP contribution in [0.15, 0.2) is 91.0 Å². The molecule has 3 nitrogen and oxygen atoms in total. The van der Waals surface area contributed by atoms with Gasteiger partial charge in [0.1, 0.15) is 5.78 Å². The van der Waals surface area contributed by atoms with Gasteiger partial charge in [0.2, 0.25) is 0 Å². The lowest BCUT2D eigenvalue weighted by Gasteiger charge is -2.26. The number of rotatable bonds is 6. The summed E-state index contributed by atoms with van der Waals surface area (Å²) in [5.74, 6) is 0.0226. The summed E-state index contributed by atoms with van der Waals surface area (Å²) in [4.78, 5) is 19.5. The molecule has 3 aromatic rings. The SMILES string of the molecule is C[C@H]1ON(Cc2ccccc2)[C@H](c2ccccc2)[C@@H]1C(=O)Cc1ccccc1. The van der Waals surface area contributed by atoms with Gasteiger partial charge in [-0.25, -0.2) is 0 Å². The van der Waals surface area contributed by atoms with Gasteiger partial charge in [-0.05, 0) is 23.6 Å². The maximum absolute atomic E-state index is 13.3. The van der Waals surface area contributed by atoms with Crippen LogP contribution in [0.3, 0.4) is 0 Å². The third-order valence-corrected chi connectivity index (χ3v) is 5.37. The number of carbonyl (C=O) groups is 1. The fourth-order valence-corrected chi connectivity index (χ4v) is 4.06. The van der Waals surface area contributed by atoms with E-state index in [1.54, 1.807) is 0 Å². The average molecular weight is 371 g/mol. The minimum Gasteiger partial charge on any atom is -0.299 e. The number of hydrogen-bond donors (Lipinski definition) is 0. The van der Waals surface area contributed by atoms with Gasteiger partial charge in [-0.15, -0.1) is 0 Å². The highest BCUT2D eigenvalue weighted by Crippen LogP contribution is 2.41. The lowest BCUT2D eigenvalue weighted by Crippen LogP contribution is -2.30. The van der Waals surface area contributed by atoms with Crippen LogP contribution in [0.25, 0.3) is 0 Å². The average Bonchev–Trinajstić information content (AvgIpc) is 3.06. The first kappa shape index (κ1) is 18.6. The summed E-state index contributed by atoms with van der Waals surface area (Å²) in [6, 6.07) is 30.4. The second-order valence-electron chi connectivity index (χ2n) is 7.38. The molecule has 1 aliphatic rings. The third-order valence-electron chi connectivity index (χ3n) is 5.37. The van der Waals surface area contributed by atoms with Crippen molar-refractivity contribution >= 4 is 5.78 Å². The zero-order valence-electron chi connectivity index (χ0n) is 16.1. The molecule has 4 rings (SSSR count). The van der Waals surface area contributed by atoms with Crippen LogP contribution in [-0.4, -0.2) is 17.0 Å². The van der Waals surface area contributed by atoms with E-state index in [4.69, 9.17) is 4.84 Å². The van der Waals surface area contributed by atoms with Gasteiger partial charge in [0, 0.05) is 13.0 Å². The maximum Gasteiger partial charge on any atom is 0.145 e. The first-order valence-electron chi connectivity index (χ1n) is 9.81. The van der Waals surface area contributed by atoms with E-state index in [-0.39, 0.29) is 23.8 Å². The van der Waals surface area contributed by atoms with E-state index in [0.29, 0.717) is 13.0 Å². The summed E-state index contributed by atoms with van der Waals surface area (Å²) >= 11 is 0. The molecule has 1 aliphatic heterocycles. The van der Waals surface area contributed by atoms with Crippen molar-refractivity contribution in [3.63, 3.8) is 0 Å². The van der Waals surface area contributed by atoms with Gasteiger partial charge in [-0.1, -0.05) is 91.0 Å².